The largest absolute Gasteiger partial charge is 0.447 e. The van der Waals surface area contributed by atoms with E-state index in [-0.39, 0.29) is 19.1 Å². The van der Waals surface area contributed by atoms with Crippen molar-refractivity contribution >= 4 is 23.6 Å². The van der Waals surface area contributed by atoms with Crippen molar-refractivity contribution in [2.75, 3.05) is 53.6 Å². The van der Waals surface area contributed by atoms with Crippen molar-refractivity contribution in [2.24, 2.45) is 0 Å². The van der Waals surface area contributed by atoms with Gasteiger partial charge in [0.15, 0.2) is 0 Å². The van der Waals surface area contributed by atoms with E-state index in [0.717, 1.165) is 36.1 Å². The number of amides is 2. The zero-order valence-electron chi connectivity index (χ0n) is 21.9. The maximum absolute atomic E-state index is 12.9. The van der Waals surface area contributed by atoms with E-state index in [9.17, 15) is 9.59 Å². The van der Waals surface area contributed by atoms with Gasteiger partial charge in [0.25, 0.3) is 0 Å². The van der Waals surface area contributed by atoms with Crippen molar-refractivity contribution in [1.29, 1.82) is 0 Å². The fraction of sp³-hybridized carbons (Fsp3) is 0.500. The lowest BCUT2D eigenvalue weighted by atomic mass is 9.92. The third-order valence-electron chi connectivity index (χ3n) is 6.40. The molecule has 9 heteroatoms. The maximum Gasteiger partial charge on any atom is 0.406 e. The Morgan fingerprint density at radius 3 is 2.76 bits per heavy atom. The minimum absolute atomic E-state index is 0.0801. The topological polar surface area (TPSA) is 89.1 Å². The van der Waals surface area contributed by atoms with Gasteiger partial charge in [-0.15, -0.1) is 0 Å². The van der Waals surface area contributed by atoms with Gasteiger partial charge in [-0.1, -0.05) is 54.9 Å². The highest BCUT2D eigenvalue weighted by molar-refractivity contribution is 6.33. The number of rotatable bonds is 12. The molecule has 1 fully saturated rings. The van der Waals surface area contributed by atoms with Crippen LogP contribution in [0, 0.1) is 0 Å². The Hall–Kier alpha value is -2.65. The lowest BCUT2D eigenvalue weighted by Gasteiger charge is -2.38. The van der Waals surface area contributed by atoms with Gasteiger partial charge in [-0.2, -0.15) is 0 Å². The molecule has 2 unspecified atom stereocenters. The predicted molar refractivity (Wildman–Crippen MR) is 145 cm³/mol. The Morgan fingerprint density at radius 2 is 2.00 bits per heavy atom. The second kappa shape index (κ2) is 14.9. The predicted octanol–water partition coefficient (Wildman–Crippen LogP) is 4.21. The Balaban J connectivity index is 1.90. The molecule has 202 valence electrons. The first-order valence-electron chi connectivity index (χ1n) is 12.9. The number of alkyl carbamates (subject to hydrolysis) is 1. The van der Waals surface area contributed by atoms with Crippen LogP contribution in [0.3, 0.4) is 0 Å². The van der Waals surface area contributed by atoms with Crippen molar-refractivity contribution < 1.29 is 23.8 Å². The lowest BCUT2D eigenvalue weighted by Crippen LogP contribution is -2.48. The lowest BCUT2D eigenvalue weighted by molar-refractivity contribution is -0.149. The summed E-state index contributed by atoms with van der Waals surface area (Å²) in [5, 5.41) is 6.12. The smallest absolute Gasteiger partial charge is 0.406 e. The SMILES string of the molecule is CCc1cccc(-c2c(Cl)cccc2C(OCCOC(=O)NC)C2CN(C(=O)CCCNC)CCO2)c1. The standard InChI is InChI=1S/C28H38ClN3O5/c1-4-20-8-5-9-21(18-20)26-22(10-6-11-23(26)29)27(36-16-17-37-28(34)31-3)24-19-32(14-15-35-24)25(33)12-7-13-30-2/h5-6,8-11,18,24,27,30H,4,7,12-17,19H2,1-3H3,(H,31,34). The molecular formula is C28H38ClN3O5. The summed E-state index contributed by atoms with van der Waals surface area (Å²) >= 11 is 6.77. The van der Waals surface area contributed by atoms with Crippen molar-refractivity contribution in [3.63, 3.8) is 0 Å². The van der Waals surface area contributed by atoms with E-state index in [2.05, 4.69) is 29.7 Å². The molecule has 1 heterocycles. The monoisotopic (exact) mass is 531 g/mol. The summed E-state index contributed by atoms with van der Waals surface area (Å²) in [6, 6.07) is 14.0. The number of morpholine rings is 1. The van der Waals surface area contributed by atoms with Gasteiger partial charge >= 0.3 is 6.09 Å². The summed E-state index contributed by atoms with van der Waals surface area (Å²) in [7, 11) is 3.39. The van der Waals surface area contributed by atoms with Crippen molar-refractivity contribution in [1.82, 2.24) is 15.5 Å². The number of benzene rings is 2. The molecule has 0 aromatic heterocycles. The van der Waals surface area contributed by atoms with Crippen LogP contribution in [-0.2, 0) is 25.4 Å². The minimum atomic E-state index is -0.528. The van der Waals surface area contributed by atoms with E-state index in [1.807, 2.05) is 42.3 Å². The molecule has 2 atom stereocenters. The number of hydrogen-bond donors (Lipinski definition) is 2. The number of halogens is 1. The van der Waals surface area contributed by atoms with Gasteiger partial charge < -0.3 is 29.7 Å². The molecular weight excluding hydrogens is 494 g/mol. The Kier molecular flexibility index (Phi) is 11.7. The second-order valence-electron chi connectivity index (χ2n) is 8.89. The van der Waals surface area contributed by atoms with Crippen LogP contribution < -0.4 is 10.6 Å². The normalized spacial score (nSPS) is 16.3. The zero-order valence-corrected chi connectivity index (χ0v) is 22.7. The second-order valence-corrected chi connectivity index (χ2v) is 9.30. The maximum atomic E-state index is 12.9. The molecule has 0 spiro atoms. The van der Waals surface area contributed by atoms with Crippen LogP contribution in [0.4, 0.5) is 4.79 Å². The highest BCUT2D eigenvalue weighted by Gasteiger charge is 2.34. The number of carbonyl (C=O) groups is 2. The molecule has 2 N–H and O–H groups in total. The summed E-state index contributed by atoms with van der Waals surface area (Å²) in [5.41, 5.74) is 3.94. The highest BCUT2D eigenvalue weighted by Crippen LogP contribution is 2.39. The molecule has 1 aliphatic heterocycles. The number of aryl methyl sites for hydroxylation is 1. The average molecular weight is 532 g/mol. The number of hydrogen-bond acceptors (Lipinski definition) is 6. The van der Waals surface area contributed by atoms with Gasteiger partial charge in [0.05, 0.1) is 13.2 Å². The number of nitrogens with zero attached hydrogens (tertiary/aromatic N) is 1. The van der Waals surface area contributed by atoms with Gasteiger partial charge in [-0.05, 0) is 49.2 Å². The molecule has 3 rings (SSSR count). The Morgan fingerprint density at radius 1 is 1.19 bits per heavy atom. The van der Waals surface area contributed by atoms with Crippen LogP contribution in [0.5, 0.6) is 0 Å². The molecule has 2 aromatic carbocycles. The van der Waals surface area contributed by atoms with Crippen LogP contribution in [-0.4, -0.2) is 76.6 Å². The summed E-state index contributed by atoms with van der Waals surface area (Å²) in [4.78, 5) is 26.2. The number of ether oxygens (including phenoxy) is 3. The van der Waals surface area contributed by atoms with Crippen molar-refractivity contribution in [2.45, 2.75) is 38.4 Å². The number of carbonyl (C=O) groups excluding carboxylic acids is 2. The molecule has 37 heavy (non-hydrogen) atoms. The third-order valence-corrected chi connectivity index (χ3v) is 6.71. The van der Waals surface area contributed by atoms with E-state index in [1.165, 1.54) is 12.6 Å². The quantitative estimate of drug-likeness (QED) is 0.399. The van der Waals surface area contributed by atoms with Gasteiger partial charge in [-0.25, -0.2) is 4.79 Å². The fourth-order valence-electron chi connectivity index (χ4n) is 4.47. The molecule has 0 aliphatic carbocycles. The molecule has 2 aromatic rings. The van der Waals surface area contributed by atoms with Gasteiger partial charge in [0, 0.05) is 37.1 Å². The molecule has 8 nitrogen and oxygen atoms in total. The molecule has 0 bridgehead atoms. The Labute approximate surface area is 224 Å². The fourth-order valence-corrected chi connectivity index (χ4v) is 4.76. The molecule has 1 saturated heterocycles. The summed E-state index contributed by atoms with van der Waals surface area (Å²) in [6.07, 6.45) is 0.702. The van der Waals surface area contributed by atoms with E-state index < -0.39 is 18.3 Å². The van der Waals surface area contributed by atoms with Gasteiger partial charge in [0.1, 0.15) is 18.8 Å². The van der Waals surface area contributed by atoms with E-state index in [0.29, 0.717) is 31.1 Å². The average Bonchev–Trinajstić information content (AvgIpc) is 2.93. The molecule has 0 radical (unpaired) electrons. The van der Waals surface area contributed by atoms with Crippen LogP contribution in [0.1, 0.15) is 37.0 Å². The molecule has 0 saturated carbocycles. The van der Waals surface area contributed by atoms with Crippen LogP contribution in [0.2, 0.25) is 5.02 Å². The zero-order chi connectivity index (χ0) is 26.6. The van der Waals surface area contributed by atoms with E-state index >= 15 is 0 Å². The number of nitrogens with one attached hydrogen (secondary N) is 2. The van der Waals surface area contributed by atoms with Crippen LogP contribution >= 0.6 is 11.6 Å². The summed E-state index contributed by atoms with van der Waals surface area (Å²) < 4.78 is 17.6. The third kappa shape index (κ3) is 8.17. The van der Waals surface area contributed by atoms with E-state index in [4.69, 9.17) is 25.8 Å². The van der Waals surface area contributed by atoms with Crippen LogP contribution in [0.15, 0.2) is 42.5 Å². The summed E-state index contributed by atoms with van der Waals surface area (Å²) in [5.74, 6) is 0.104. The molecule has 2 amide bonds. The first-order valence-corrected chi connectivity index (χ1v) is 13.2. The highest BCUT2D eigenvalue weighted by atomic mass is 35.5. The van der Waals surface area contributed by atoms with Crippen molar-refractivity contribution in [3.8, 4) is 11.1 Å². The van der Waals surface area contributed by atoms with Gasteiger partial charge in [-0.3, -0.25) is 4.79 Å². The first kappa shape index (κ1) is 28.9. The molecule has 1 aliphatic rings. The first-order chi connectivity index (χ1) is 18.0. The van der Waals surface area contributed by atoms with Crippen molar-refractivity contribution in [3.05, 3.63) is 58.6 Å². The van der Waals surface area contributed by atoms with Crippen LogP contribution in [0.25, 0.3) is 11.1 Å². The van der Waals surface area contributed by atoms with E-state index in [1.54, 1.807) is 0 Å². The minimum Gasteiger partial charge on any atom is -0.447 e. The summed E-state index contributed by atoms with van der Waals surface area (Å²) in [6.45, 7) is 4.51. The van der Waals surface area contributed by atoms with Gasteiger partial charge in [0.2, 0.25) is 5.91 Å². The Bertz CT molecular complexity index is 1030.